The first kappa shape index (κ1) is 10.4. The van der Waals surface area contributed by atoms with E-state index in [9.17, 15) is 4.39 Å². The number of rotatable bonds is 3. The molecule has 1 aliphatic rings. The molecule has 0 saturated carbocycles. The SMILES string of the molecule is CC1C=CC(OCc2cccc(F)c2)C1. The molecule has 80 valence electrons. The number of hydrogen-bond acceptors (Lipinski definition) is 1. The Balaban J connectivity index is 1.86. The number of allylic oxidation sites excluding steroid dienone is 1. The Hall–Kier alpha value is -1.15. The monoisotopic (exact) mass is 206 g/mol. The van der Waals surface area contributed by atoms with Crippen molar-refractivity contribution >= 4 is 0 Å². The Bertz CT molecular complexity index is 359. The van der Waals surface area contributed by atoms with Crippen LogP contribution in [0, 0.1) is 11.7 Å². The van der Waals surface area contributed by atoms with Crippen molar-refractivity contribution in [1.29, 1.82) is 0 Å². The van der Waals surface area contributed by atoms with Crippen molar-refractivity contribution in [3.05, 3.63) is 47.8 Å². The molecule has 0 fully saturated rings. The maximum Gasteiger partial charge on any atom is 0.123 e. The Morgan fingerprint density at radius 2 is 2.27 bits per heavy atom. The van der Waals surface area contributed by atoms with E-state index in [1.54, 1.807) is 6.07 Å². The number of halogens is 1. The lowest BCUT2D eigenvalue weighted by Gasteiger charge is -2.11. The van der Waals surface area contributed by atoms with E-state index in [2.05, 4.69) is 19.1 Å². The molecule has 2 heteroatoms. The van der Waals surface area contributed by atoms with Crippen LogP contribution in [-0.4, -0.2) is 6.10 Å². The van der Waals surface area contributed by atoms with Crippen LogP contribution in [0.15, 0.2) is 36.4 Å². The first-order valence-electron chi connectivity index (χ1n) is 5.28. The van der Waals surface area contributed by atoms with Gasteiger partial charge in [-0.15, -0.1) is 0 Å². The van der Waals surface area contributed by atoms with Gasteiger partial charge < -0.3 is 4.74 Å². The van der Waals surface area contributed by atoms with E-state index >= 15 is 0 Å². The van der Waals surface area contributed by atoms with Crippen molar-refractivity contribution in [2.45, 2.75) is 26.1 Å². The molecule has 1 aromatic rings. The summed E-state index contributed by atoms with van der Waals surface area (Å²) >= 11 is 0. The van der Waals surface area contributed by atoms with Crippen LogP contribution in [0.25, 0.3) is 0 Å². The third kappa shape index (κ3) is 2.90. The molecule has 0 aliphatic heterocycles. The molecule has 0 radical (unpaired) electrons. The highest BCUT2D eigenvalue weighted by Gasteiger charge is 2.15. The van der Waals surface area contributed by atoms with Gasteiger partial charge in [0.2, 0.25) is 0 Å². The fourth-order valence-corrected chi connectivity index (χ4v) is 1.79. The van der Waals surface area contributed by atoms with Crippen LogP contribution >= 0.6 is 0 Å². The summed E-state index contributed by atoms with van der Waals surface area (Å²) in [6.45, 7) is 2.65. The largest absolute Gasteiger partial charge is 0.369 e. The minimum absolute atomic E-state index is 0.197. The molecule has 1 aliphatic carbocycles. The maximum atomic E-state index is 12.9. The number of hydrogen-bond donors (Lipinski definition) is 0. The Morgan fingerprint density at radius 3 is 2.93 bits per heavy atom. The van der Waals surface area contributed by atoms with Crippen LogP contribution < -0.4 is 0 Å². The molecule has 0 saturated heterocycles. The van der Waals surface area contributed by atoms with E-state index in [0.717, 1.165) is 12.0 Å². The minimum atomic E-state index is -0.202. The van der Waals surface area contributed by atoms with Gasteiger partial charge in [0, 0.05) is 0 Å². The van der Waals surface area contributed by atoms with Crippen LogP contribution in [0.3, 0.4) is 0 Å². The second kappa shape index (κ2) is 4.58. The van der Waals surface area contributed by atoms with Crippen LogP contribution in [0.4, 0.5) is 4.39 Å². The predicted octanol–water partition coefficient (Wildman–Crippen LogP) is 3.31. The third-order valence-corrected chi connectivity index (χ3v) is 2.61. The van der Waals surface area contributed by atoms with Gasteiger partial charge in [0.25, 0.3) is 0 Å². The van der Waals surface area contributed by atoms with Gasteiger partial charge in [0.1, 0.15) is 5.82 Å². The van der Waals surface area contributed by atoms with Crippen LogP contribution in [0.5, 0.6) is 0 Å². The van der Waals surface area contributed by atoms with Gasteiger partial charge in [-0.2, -0.15) is 0 Å². The molecule has 0 heterocycles. The van der Waals surface area contributed by atoms with Crippen molar-refractivity contribution in [2.24, 2.45) is 5.92 Å². The minimum Gasteiger partial charge on any atom is -0.369 e. The molecule has 1 aromatic carbocycles. The lowest BCUT2D eigenvalue weighted by molar-refractivity contribution is 0.0673. The average molecular weight is 206 g/mol. The van der Waals surface area contributed by atoms with Crippen LogP contribution in [0.2, 0.25) is 0 Å². The topological polar surface area (TPSA) is 9.23 Å². The van der Waals surface area contributed by atoms with Gasteiger partial charge in [-0.05, 0) is 30.0 Å². The van der Waals surface area contributed by atoms with Gasteiger partial charge in [-0.25, -0.2) is 4.39 Å². The Labute approximate surface area is 89.6 Å². The summed E-state index contributed by atoms with van der Waals surface area (Å²) in [6.07, 6.45) is 5.48. The van der Waals surface area contributed by atoms with Crippen molar-refractivity contribution < 1.29 is 9.13 Å². The molecule has 2 rings (SSSR count). The molecule has 0 spiro atoms. The van der Waals surface area contributed by atoms with Crippen LogP contribution in [-0.2, 0) is 11.3 Å². The van der Waals surface area contributed by atoms with Gasteiger partial charge in [0.15, 0.2) is 0 Å². The third-order valence-electron chi connectivity index (χ3n) is 2.61. The normalized spacial score (nSPS) is 24.7. The average Bonchev–Trinajstić information content (AvgIpc) is 2.62. The van der Waals surface area contributed by atoms with E-state index in [4.69, 9.17) is 4.74 Å². The predicted molar refractivity (Wildman–Crippen MR) is 57.9 cm³/mol. The lowest BCUT2D eigenvalue weighted by atomic mass is 10.1. The van der Waals surface area contributed by atoms with Gasteiger partial charge >= 0.3 is 0 Å². The highest BCUT2D eigenvalue weighted by atomic mass is 19.1. The van der Waals surface area contributed by atoms with Crippen molar-refractivity contribution in [2.75, 3.05) is 0 Å². The van der Waals surface area contributed by atoms with Crippen molar-refractivity contribution in [1.82, 2.24) is 0 Å². The molecular weight excluding hydrogens is 191 g/mol. The van der Waals surface area contributed by atoms with Crippen molar-refractivity contribution in [3.63, 3.8) is 0 Å². The first-order valence-corrected chi connectivity index (χ1v) is 5.28. The zero-order chi connectivity index (χ0) is 10.7. The van der Waals surface area contributed by atoms with E-state index in [1.165, 1.54) is 12.1 Å². The van der Waals surface area contributed by atoms with Gasteiger partial charge in [-0.1, -0.05) is 31.2 Å². The molecule has 1 nitrogen and oxygen atoms in total. The maximum absolute atomic E-state index is 12.9. The molecular formula is C13H15FO. The molecule has 15 heavy (non-hydrogen) atoms. The first-order chi connectivity index (χ1) is 7.24. The number of benzene rings is 1. The van der Waals surface area contributed by atoms with E-state index in [0.29, 0.717) is 12.5 Å². The van der Waals surface area contributed by atoms with Crippen LogP contribution in [0.1, 0.15) is 18.9 Å². The molecule has 2 unspecified atom stereocenters. The summed E-state index contributed by atoms with van der Waals surface area (Å²) in [5, 5.41) is 0. The summed E-state index contributed by atoms with van der Waals surface area (Å²) < 4.78 is 18.5. The van der Waals surface area contributed by atoms with E-state index in [1.807, 2.05) is 6.07 Å². The van der Waals surface area contributed by atoms with Gasteiger partial charge in [-0.3, -0.25) is 0 Å². The standard InChI is InChI=1S/C13H15FO/c1-10-5-6-13(7-10)15-9-11-3-2-4-12(14)8-11/h2-6,8,10,13H,7,9H2,1H3. The summed E-state index contributed by atoms with van der Waals surface area (Å²) in [5.41, 5.74) is 0.892. The highest BCUT2D eigenvalue weighted by molar-refractivity contribution is 5.15. The van der Waals surface area contributed by atoms with E-state index in [-0.39, 0.29) is 11.9 Å². The quantitative estimate of drug-likeness (QED) is 0.689. The zero-order valence-electron chi connectivity index (χ0n) is 8.82. The Kier molecular flexibility index (Phi) is 3.17. The summed E-state index contributed by atoms with van der Waals surface area (Å²) in [4.78, 5) is 0. The van der Waals surface area contributed by atoms with Crippen molar-refractivity contribution in [3.8, 4) is 0 Å². The second-order valence-corrected chi connectivity index (χ2v) is 4.08. The molecule has 2 atom stereocenters. The lowest BCUT2D eigenvalue weighted by Crippen LogP contribution is -2.08. The fourth-order valence-electron chi connectivity index (χ4n) is 1.79. The zero-order valence-corrected chi connectivity index (χ0v) is 8.82. The molecule has 0 aromatic heterocycles. The summed E-state index contributed by atoms with van der Waals surface area (Å²) in [6, 6.07) is 6.55. The smallest absolute Gasteiger partial charge is 0.123 e. The molecule has 0 N–H and O–H groups in total. The highest BCUT2D eigenvalue weighted by Crippen LogP contribution is 2.20. The van der Waals surface area contributed by atoms with E-state index < -0.39 is 0 Å². The molecule has 0 amide bonds. The second-order valence-electron chi connectivity index (χ2n) is 4.08. The summed E-state index contributed by atoms with van der Waals surface area (Å²) in [7, 11) is 0. The fraction of sp³-hybridized carbons (Fsp3) is 0.385. The van der Waals surface area contributed by atoms with Gasteiger partial charge in [0.05, 0.1) is 12.7 Å². The molecule has 0 bridgehead atoms. The Morgan fingerprint density at radius 1 is 1.40 bits per heavy atom. The number of ether oxygens (including phenoxy) is 1. The summed E-state index contributed by atoms with van der Waals surface area (Å²) in [5.74, 6) is 0.397.